The normalized spacial score (nSPS) is 16.7. The first-order valence-electron chi connectivity index (χ1n) is 9.48. The van der Waals surface area contributed by atoms with Crippen LogP contribution in [0.3, 0.4) is 0 Å². The van der Waals surface area contributed by atoms with Gasteiger partial charge in [-0.2, -0.15) is 16.1 Å². The van der Waals surface area contributed by atoms with E-state index in [2.05, 4.69) is 5.32 Å². The fourth-order valence-corrected chi connectivity index (χ4v) is 5.62. The minimum Gasteiger partial charge on any atom is -0.467 e. The SMILES string of the molecule is COC(=O)C(CCSC)NC(=O)c1ccc(Cl)c(S(=O)(=O)N2CCCCCC2)c1. The number of carbonyl (C=O) groups excluding carboxylic acids is 2. The number of hydrogen-bond acceptors (Lipinski definition) is 6. The molecule has 1 heterocycles. The molecular weight excluding hydrogens is 436 g/mol. The van der Waals surface area contributed by atoms with Gasteiger partial charge in [0.1, 0.15) is 10.9 Å². The smallest absolute Gasteiger partial charge is 0.328 e. The largest absolute Gasteiger partial charge is 0.467 e. The van der Waals surface area contributed by atoms with Gasteiger partial charge in [0, 0.05) is 18.7 Å². The summed E-state index contributed by atoms with van der Waals surface area (Å²) in [5.41, 5.74) is 0.126. The number of hydrogen-bond donors (Lipinski definition) is 1. The molecule has 10 heteroatoms. The van der Waals surface area contributed by atoms with Crippen LogP contribution in [-0.2, 0) is 19.6 Å². The molecule has 1 aliphatic heterocycles. The third-order valence-electron chi connectivity index (χ3n) is 4.78. The van der Waals surface area contributed by atoms with Crippen molar-refractivity contribution in [1.82, 2.24) is 9.62 Å². The van der Waals surface area contributed by atoms with Crippen LogP contribution in [0.2, 0.25) is 5.02 Å². The number of ether oxygens (including phenoxy) is 1. The Morgan fingerprint density at radius 1 is 1.24 bits per heavy atom. The molecule has 162 valence electrons. The van der Waals surface area contributed by atoms with Crippen LogP contribution in [-0.4, -0.2) is 62.8 Å². The summed E-state index contributed by atoms with van der Waals surface area (Å²) >= 11 is 7.72. The van der Waals surface area contributed by atoms with Crippen LogP contribution < -0.4 is 5.32 Å². The monoisotopic (exact) mass is 462 g/mol. The summed E-state index contributed by atoms with van der Waals surface area (Å²) in [5, 5.41) is 2.70. The van der Waals surface area contributed by atoms with Gasteiger partial charge in [-0.15, -0.1) is 0 Å². The number of benzene rings is 1. The zero-order chi connectivity index (χ0) is 21.4. The quantitative estimate of drug-likeness (QED) is 0.597. The molecule has 0 aliphatic carbocycles. The van der Waals surface area contributed by atoms with Gasteiger partial charge in [0.2, 0.25) is 10.0 Å². The first-order valence-corrected chi connectivity index (χ1v) is 12.7. The summed E-state index contributed by atoms with van der Waals surface area (Å²) in [6, 6.07) is 3.32. The van der Waals surface area contributed by atoms with Crippen molar-refractivity contribution in [2.24, 2.45) is 0 Å². The number of esters is 1. The van der Waals surface area contributed by atoms with Crippen LogP contribution in [0.15, 0.2) is 23.1 Å². The van der Waals surface area contributed by atoms with Gasteiger partial charge in [0.05, 0.1) is 12.1 Å². The third kappa shape index (κ3) is 6.34. The van der Waals surface area contributed by atoms with E-state index >= 15 is 0 Å². The van der Waals surface area contributed by atoms with Crippen LogP contribution in [0, 0.1) is 0 Å². The topological polar surface area (TPSA) is 92.8 Å². The molecule has 1 atom stereocenters. The van der Waals surface area contributed by atoms with E-state index < -0.39 is 27.9 Å². The predicted molar refractivity (Wildman–Crippen MR) is 115 cm³/mol. The fraction of sp³-hybridized carbons (Fsp3) is 0.579. The molecule has 0 bridgehead atoms. The van der Waals surface area contributed by atoms with E-state index in [-0.39, 0.29) is 15.5 Å². The Kier molecular flexibility index (Phi) is 9.26. The van der Waals surface area contributed by atoms with E-state index in [4.69, 9.17) is 16.3 Å². The molecule has 0 saturated carbocycles. The van der Waals surface area contributed by atoms with Gasteiger partial charge < -0.3 is 10.1 Å². The minimum absolute atomic E-state index is 0.0673. The molecule has 29 heavy (non-hydrogen) atoms. The molecule has 1 unspecified atom stereocenters. The van der Waals surface area contributed by atoms with Crippen molar-refractivity contribution in [2.75, 3.05) is 32.2 Å². The zero-order valence-corrected chi connectivity index (χ0v) is 19.0. The standard InChI is InChI=1S/C19H27ClN2O5S2/c1-27-19(24)16(9-12-28-2)21-18(23)14-7-8-15(20)17(13-14)29(25,26)22-10-5-3-4-6-11-22/h7-8,13,16H,3-6,9-12H2,1-2H3,(H,21,23). The number of amides is 1. The Bertz CT molecular complexity index is 824. The highest BCUT2D eigenvalue weighted by Crippen LogP contribution is 2.27. The van der Waals surface area contributed by atoms with Gasteiger partial charge in [0.25, 0.3) is 5.91 Å². The van der Waals surface area contributed by atoms with Crippen molar-refractivity contribution in [2.45, 2.75) is 43.0 Å². The average Bonchev–Trinajstić information content (AvgIpc) is 3.00. The van der Waals surface area contributed by atoms with Gasteiger partial charge in [-0.25, -0.2) is 13.2 Å². The molecule has 2 rings (SSSR count). The maximum Gasteiger partial charge on any atom is 0.328 e. The van der Waals surface area contributed by atoms with Crippen molar-refractivity contribution in [3.05, 3.63) is 28.8 Å². The van der Waals surface area contributed by atoms with Crippen LogP contribution in [0.25, 0.3) is 0 Å². The van der Waals surface area contributed by atoms with Crippen molar-refractivity contribution >= 4 is 45.3 Å². The average molecular weight is 463 g/mol. The van der Waals surface area contributed by atoms with Gasteiger partial charge in [-0.3, -0.25) is 4.79 Å². The van der Waals surface area contributed by atoms with E-state index in [1.165, 1.54) is 29.6 Å². The Morgan fingerprint density at radius 2 is 1.90 bits per heavy atom. The van der Waals surface area contributed by atoms with Gasteiger partial charge in [0.15, 0.2) is 0 Å². The fourth-order valence-electron chi connectivity index (χ4n) is 3.13. The number of halogens is 1. The highest BCUT2D eigenvalue weighted by atomic mass is 35.5. The van der Waals surface area contributed by atoms with E-state index in [1.54, 1.807) is 11.8 Å². The van der Waals surface area contributed by atoms with Crippen LogP contribution in [0.5, 0.6) is 0 Å². The Labute approximate surface area is 181 Å². The highest BCUT2D eigenvalue weighted by Gasteiger charge is 2.29. The van der Waals surface area contributed by atoms with E-state index in [9.17, 15) is 18.0 Å². The second-order valence-electron chi connectivity index (χ2n) is 6.79. The highest BCUT2D eigenvalue weighted by molar-refractivity contribution is 7.98. The molecule has 1 amide bonds. The first kappa shape index (κ1) is 24.0. The van der Waals surface area contributed by atoms with Crippen molar-refractivity contribution in [3.63, 3.8) is 0 Å². The van der Waals surface area contributed by atoms with Crippen LogP contribution in [0.4, 0.5) is 0 Å². The molecule has 1 N–H and O–H groups in total. The predicted octanol–water partition coefficient (Wildman–Crippen LogP) is 2.93. The summed E-state index contributed by atoms with van der Waals surface area (Å²) in [4.78, 5) is 24.5. The van der Waals surface area contributed by atoms with E-state index in [0.29, 0.717) is 25.3 Å². The molecule has 1 saturated heterocycles. The molecule has 0 radical (unpaired) electrons. The minimum atomic E-state index is -3.81. The second-order valence-corrected chi connectivity index (χ2v) is 10.1. The molecular formula is C19H27ClN2O5S2. The maximum absolute atomic E-state index is 13.1. The number of sulfonamides is 1. The van der Waals surface area contributed by atoms with Crippen LogP contribution in [0.1, 0.15) is 42.5 Å². The summed E-state index contributed by atoms with van der Waals surface area (Å²) in [6.45, 7) is 0.877. The third-order valence-corrected chi connectivity index (χ3v) is 7.80. The van der Waals surface area contributed by atoms with E-state index in [0.717, 1.165) is 25.7 Å². The number of thioether (sulfide) groups is 1. The first-order chi connectivity index (χ1) is 13.8. The molecule has 0 aromatic heterocycles. The van der Waals surface area contributed by atoms with Crippen molar-refractivity contribution < 1.29 is 22.7 Å². The number of nitrogens with one attached hydrogen (secondary N) is 1. The summed E-state index contributed by atoms with van der Waals surface area (Å²) in [7, 11) is -2.55. The Morgan fingerprint density at radius 3 is 2.48 bits per heavy atom. The Balaban J connectivity index is 2.26. The molecule has 1 aromatic carbocycles. The van der Waals surface area contributed by atoms with Crippen molar-refractivity contribution in [3.8, 4) is 0 Å². The number of rotatable bonds is 8. The number of carbonyl (C=O) groups is 2. The van der Waals surface area contributed by atoms with Gasteiger partial charge in [-0.1, -0.05) is 24.4 Å². The lowest BCUT2D eigenvalue weighted by atomic mass is 10.1. The van der Waals surface area contributed by atoms with Crippen molar-refractivity contribution in [1.29, 1.82) is 0 Å². The van der Waals surface area contributed by atoms with E-state index in [1.807, 2.05) is 6.26 Å². The second kappa shape index (κ2) is 11.2. The summed E-state index contributed by atoms with van der Waals surface area (Å²) in [6.07, 6.45) is 5.89. The zero-order valence-electron chi connectivity index (χ0n) is 16.6. The van der Waals surface area contributed by atoms with Crippen LogP contribution >= 0.6 is 23.4 Å². The molecule has 0 spiro atoms. The number of nitrogens with zero attached hydrogens (tertiary/aromatic N) is 1. The molecule has 1 aromatic rings. The van der Waals surface area contributed by atoms with Gasteiger partial charge >= 0.3 is 5.97 Å². The lowest BCUT2D eigenvalue weighted by Gasteiger charge is -2.21. The lowest BCUT2D eigenvalue weighted by molar-refractivity contribution is -0.142. The molecule has 7 nitrogen and oxygen atoms in total. The van der Waals surface area contributed by atoms with Gasteiger partial charge in [-0.05, 0) is 49.5 Å². The summed E-state index contributed by atoms with van der Waals surface area (Å²) < 4.78 is 32.4. The molecule has 1 aliphatic rings. The maximum atomic E-state index is 13.1. The Hall–Kier alpha value is -1.29. The lowest BCUT2D eigenvalue weighted by Crippen LogP contribution is -2.42. The number of methoxy groups -OCH3 is 1. The summed E-state index contributed by atoms with van der Waals surface area (Å²) in [5.74, 6) is -0.431. The molecule has 1 fully saturated rings.